The van der Waals surface area contributed by atoms with Crippen molar-refractivity contribution >= 4 is 11.8 Å². The monoisotopic (exact) mass is 262 g/mol. The van der Waals surface area contributed by atoms with E-state index in [-0.39, 0.29) is 11.8 Å². The van der Waals surface area contributed by atoms with Gasteiger partial charge in [0.1, 0.15) is 6.04 Å². The number of carbonyl (C=O) groups is 2. The summed E-state index contributed by atoms with van der Waals surface area (Å²) in [4.78, 5) is 23.6. The Labute approximate surface area is 114 Å². The topological polar surface area (TPSA) is 58.2 Å². The highest BCUT2D eigenvalue weighted by Crippen LogP contribution is 2.12. The van der Waals surface area contributed by atoms with Gasteiger partial charge in [-0.25, -0.2) is 0 Å². The zero-order valence-electron chi connectivity index (χ0n) is 12.0. The summed E-state index contributed by atoms with van der Waals surface area (Å²) in [5, 5.41) is 5.51. The van der Waals surface area contributed by atoms with Crippen LogP contribution in [0, 0.1) is 5.41 Å². The number of hydrogen-bond donors (Lipinski definition) is 2. The summed E-state index contributed by atoms with van der Waals surface area (Å²) in [6, 6.07) is 9.13. The summed E-state index contributed by atoms with van der Waals surface area (Å²) in [5.74, 6) is -0.309. The van der Waals surface area contributed by atoms with Gasteiger partial charge in [-0.2, -0.15) is 0 Å². The maximum absolute atomic E-state index is 11.9. The van der Waals surface area contributed by atoms with Gasteiger partial charge in [0, 0.05) is 12.0 Å². The van der Waals surface area contributed by atoms with Crippen LogP contribution in [0.1, 0.15) is 33.3 Å². The molecule has 0 heterocycles. The van der Waals surface area contributed by atoms with Crippen LogP contribution in [0.2, 0.25) is 0 Å². The standard InChI is InChI=1S/C15H22N2O2/c1-11(17-14(19)15(2,3)4)13(18)16-10-12-8-6-5-7-9-12/h5-9,11H,10H2,1-4H3,(H,16,18)(H,17,19)/t11-/m1/s1. The Morgan fingerprint density at radius 2 is 1.74 bits per heavy atom. The van der Waals surface area contributed by atoms with E-state index in [2.05, 4.69) is 10.6 Å². The van der Waals surface area contributed by atoms with Gasteiger partial charge >= 0.3 is 0 Å². The maximum atomic E-state index is 11.9. The first kappa shape index (κ1) is 15.2. The average Bonchev–Trinajstić information content (AvgIpc) is 2.35. The highest BCUT2D eigenvalue weighted by Gasteiger charge is 2.24. The Morgan fingerprint density at radius 1 is 1.16 bits per heavy atom. The molecular formula is C15H22N2O2. The van der Waals surface area contributed by atoms with Crippen molar-refractivity contribution in [3.05, 3.63) is 35.9 Å². The van der Waals surface area contributed by atoms with Crippen LogP contribution in [0.4, 0.5) is 0 Å². The lowest BCUT2D eigenvalue weighted by Gasteiger charge is -2.21. The minimum absolute atomic E-state index is 0.130. The second-order valence-corrected chi connectivity index (χ2v) is 5.65. The number of nitrogens with one attached hydrogen (secondary N) is 2. The van der Waals surface area contributed by atoms with E-state index >= 15 is 0 Å². The Balaban J connectivity index is 2.43. The van der Waals surface area contributed by atoms with Crippen molar-refractivity contribution in [2.24, 2.45) is 5.41 Å². The average molecular weight is 262 g/mol. The molecule has 4 heteroatoms. The molecular weight excluding hydrogens is 240 g/mol. The summed E-state index contributed by atoms with van der Waals surface area (Å²) >= 11 is 0. The molecule has 1 aromatic carbocycles. The molecule has 0 aliphatic heterocycles. The minimum Gasteiger partial charge on any atom is -0.350 e. The Kier molecular flexibility index (Phi) is 5.10. The molecule has 2 amide bonds. The smallest absolute Gasteiger partial charge is 0.242 e. The van der Waals surface area contributed by atoms with Crippen LogP contribution in [0.15, 0.2) is 30.3 Å². The predicted molar refractivity (Wildman–Crippen MR) is 75.3 cm³/mol. The number of carbonyl (C=O) groups excluding carboxylic acids is 2. The fourth-order valence-electron chi connectivity index (χ4n) is 1.42. The first-order valence-corrected chi connectivity index (χ1v) is 6.43. The fraction of sp³-hybridized carbons (Fsp3) is 0.467. The Morgan fingerprint density at radius 3 is 2.26 bits per heavy atom. The molecule has 1 atom stereocenters. The van der Waals surface area contributed by atoms with Crippen molar-refractivity contribution in [1.82, 2.24) is 10.6 Å². The second kappa shape index (κ2) is 6.36. The van der Waals surface area contributed by atoms with E-state index in [9.17, 15) is 9.59 Å². The summed E-state index contributed by atoms with van der Waals surface area (Å²) in [6.45, 7) is 7.60. The van der Waals surface area contributed by atoms with Crippen LogP contribution < -0.4 is 10.6 Å². The van der Waals surface area contributed by atoms with Gasteiger partial charge in [-0.05, 0) is 12.5 Å². The van der Waals surface area contributed by atoms with Crippen molar-refractivity contribution in [1.29, 1.82) is 0 Å². The van der Waals surface area contributed by atoms with Gasteiger partial charge in [0.25, 0.3) is 0 Å². The summed E-state index contributed by atoms with van der Waals surface area (Å²) in [6.07, 6.45) is 0. The largest absolute Gasteiger partial charge is 0.350 e. The van der Waals surface area contributed by atoms with Crippen LogP contribution in [-0.4, -0.2) is 17.9 Å². The molecule has 0 saturated heterocycles. The van der Waals surface area contributed by atoms with Crippen LogP contribution in [0.3, 0.4) is 0 Å². The minimum atomic E-state index is -0.532. The summed E-state index contributed by atoms with van der Waals surface area (Å²) in [5.41, 5.74) is 0.540. The molecule has 0 aromatic heterocycles. The number of amides is 2. The normalized spacial score (nSPS) is 12.6. The molecule has 2 N–H and O–H groups in total. The Bertz CT molecular complexity index is 435. The second-order valence-electron chi connectivity index (χ2n) is 5.65. The van der Waals surface area contributed by atoms with E-state index in [4.69, 9.17) is 0 Å². The molecule has 0 saturated carbocycles. The van der Waals surface area contributed by atoms with Crippen LogP contribution in [0.25, 0.3) is 0 Å². The highest BCUT2D eigenvalue weighted by atomic mass is 16.2. The summed E-state index contributed by atoms with van der Waals surface area (Å²) in [7, 11) is 0. The van der Waals surface area contributed by atoms with E-state index in [1.807, 2.05) is 51.1 Å². The molecule has 0 bridgehead atoms. The molecule has 0 aliphatic carbocycles. The fourth-order valence-corrected chi connectivity index (χ4v) is 1.42. The van der Waals surface area contributed by atoms with Crippen molar-refractivity contribution in [3.8, 4) is 0 Å². The highest BCUT2D eigenvalue weighted by molar-refractivity contribution is 5.89. The molecule has 4 nitrogen and oxygen atoms in total. The molecule has 19 heavy (non-hydrogen) atoms. The number of rotatable bonds is 4. The van der Waals surface area contributed by atoms with Gasteiger partial charge in [0.2, 0.25) is 11.8 Å². The first-order valence-electron chi connectivity index (χ1n) is 6.43. The molecule has 0 radical (unpaired) electrons. The quantitative estimate of drug-likeness (QED) is 0.870. The van der Waals surface area contributed by atoms with Crippen molar-refractivity contribution in [2.45, 2.75) is 40.3 Å². The van der Waals surface area contributed by atoms with Gasteiger partial charge in [-0.1, -0.05) is 51.1 Å². The zero-order chi connectivity index (χ0) is 14.5. The number of hydrogen-bond acceptors (Lipinski definition) is 2. The van der Waals surface area contributed by atoms with Gasteiger partial charge in [-0.15, -0.1) is 0 Å². The van der Waals surface area contributed by atoms with Crippen molar-refractivity contribution < 1.29 is 9.59 Å². The predicted octanol–water partition coefficient (Wildman–Crippen LogP) is 1.85. The van der Waals surface area contributed by atoms with Crippen LogP contribution >= 0.6 is 0 Å². The van der Waals surface area contributed by atoms with E-state index < -0.39 is 11.5 Å². The molecule has 0 spiro atoms. The molecule has 1 aromatic rings. The first-order chi connectivity index (χ1) is 8.80. The lowest BCUT2D eigenvalue weighted by Crippen LogP contribution is -2.48. The van der Waals surface area contributed by atoms with Gasteiger partial charge in [-0.3, -0.25) is 9.59 Å². The third-order valence-electron chi connectivity index (χ3n) is 2.73. The molecule has 0 fully saturated rings. The van der Waals surface area contributed by atoms with E-state index in [0.717, 1.165) is 5.56 Å². The molecule has 0 unspecified atom stereocenters. The molecule has 104 valence electrons. The third-order valence-corrected chi connectivity index (χ3v) is 2.73. The van der Waals surface area contributed by atoms with Crippen LogP contribution in [0.5, 0.6) is 0 Å². The van der Waals surface area contributed by atoms with E-state index in [0.29, 0.717) is 6.54 Å². The lowest BCUT2D eigenvalue weighted by molar-refractivity contribution is -0.133. The summed E-state index contributed by atoms with van der Waals surface area (Å²) < 4.78 is 0. The van der Waals surface area contributed by atoms with Crippen LogP contribution in [-0.2, 0) is 16.1 Å². The SMILES string of the molecule is C[C@@H](NC(=O)C(C)(C)C)C(=O)NCc1ccccc1. The van der Waals surface area contributed by atoms with Gasteiger partial charge in [0.15, 0.2) is 0 Å². The lowest BCUT2D eigenvalue weighted by atomic mass is 9.95. The third kappa shape index (κ3) is 5.12. The number of benzene rings is 1. The van der Waals surface area contributed by atoms with Crippen molar-refractivity contribution in [3.63, 3.8) is 0 Å². The van der Waals surface area contributed by atoms with E-state index in [1.165, 1.54) is 0 Å². The molecule has 0 aliphatic rings. The zero-order valence-corrected chi connectivity index (χ0v) is 12.0. The van der Waals surface area contributed by atoms with Gasteiger partial charge < -0.3 is 10.6 Å². The molecule has 1 rings (SSSR count). The van der Waals surface area contributed by atoms with E-state index in [1.54, 1.807) is 6.92 Å². The maximum Gasteiger partial charge on any atom is 0.242 e. The Hall–Kier alpha value is -1.84. The van der Waals surface area contributed by atoms with Crippen molar-refractivity contribution in [2.75, 3.05) is 0 Å². The van der Waals surface area contributed by atoms with Gasteiger partial charge in [0.05, 0.1) is 0 Å².